The van der Waals surface area contributed by atoms with Crippen LogP contribution in [0.1, 0.15) is 6.92 Å². The highest BCUT2D eigenvalue weighted by molar-refractivity contribution is 5.68. The summed E-state index contributed by atoms with van der Waals surface area (Å²) in [7, 11) is 0. The zero-order chi connectivity index (χ0) is 10.7. The molecule has 6 heteroatoms. The standard InChI is InChI=1S/C8H15NO5/c1-4(11)9-5-3-14-6(2-10)8(13)7(5)12/h5-8,10,12-13H,2-3H2,1H3,(H,9,11)/p-1/t5-,6+,7+,8+/m0/s1. The van der Waals surface area contributed by atoms with Crippen molar-refractivity contribution in [3.63, 3.8) is 0 Å². The monoisotopic (exact) mass is 204 g/mol. The van der Waals surface area contributed by atoms with Gasteiger partial charge in [-0.25, -0.2) is 0 Å². The van der Waals surface area contributed by atoms with Gasteiger partial charge >= 0.3 is 0 Å². The van der Waals surface area contributed by atoms with E-state index in [1.165, 1.54) is 6.92 Å². The van der Waals surface area contributed by atoms with Crippen molar-refractivity contribution in [3.8, 4) is 0 Å². The van der Waals surface area contributed by atoms with E-state index in [4.69, 9.17) is 9.84 Å². The van der Waals surface area contributed by atoms with Gasteiger partial charge in [-0.2, -0.15) is 0 Å². The van der Waals surface area contributed by atoms with Gasteiger partial charge in [-0.1, -0.05) is 0 Å². The molecule has 0 aliphatic carbocycles. The molecule has 3 N–H and O–H groups in total. The summed E-state index contributed by atoms with van der Waals surface area (Å²) in [4.78, 5) is 3.58. The van der Waals surface area contributed by atoms with E-state index in [1.54, 1.807) is 0 Å². The summed E-state index contributed by atoms with van der Waals surface area (Å²) in [5.74, 6) is -0.424. The molecule has 1 aliphatic rings. The Balaban J connectivity index is 2.64. The Hall–Kier alpha value is -0.690. The molecule has 0 saturated carbocycles. The van der Waals surface area contributed by atoms with Crippen LogP contribution in [0.2, 0.25) is 0 Å². The first-order chi connectivity index (χ1) is 6.56. The van der Waals surface area contributed by atoms with Gasteiger partial charge < -0.3 is 25.2 Å². The molecule has 0 amide bonds. The molecule has 0 unspecified atom stereocenters. The summed E-state index contributed by atoms with van der Waals surface area (Å²) < 4.78 is 5.02. The molecule has 1 aliphatic heterocycles. The molecular weight excluding hydrogens is 190 g/mol. The van der Waals surface area contributed by atoms with Gasteiger partial charge in [0.05, 0.1) is 13.2 Å². The van der Waals surface area contributed by atoms with E-state index in [2.05, 4.69) is 4.99 Å². The fourth-order valence-electron chi connectivity index (χ4n) is 1.37. The number of rotatable bonds is 2. The molecule has 82 valence electrons. The predicted octanol–water partition coefficient (Wildman–Crippen LogP) is -2.75. The van der Waals surface area contributed by atoms with E-state index >= 15 is 0 Å². The predicted molar refractivity (Wildman–Crippen MR) is 45.7 cm³/mol. The van der Waals surface area contributed by atoms with Gasteiger partial charge in [0, 0.05) is 0 Å². The van der Waals surface area contributed by atoms with Gasteiger partial charge in [-0.05, 0) is 12.8 Å². The highest BCUT2D eigenvalue weighted by Crippen LogP contribution is 2.17. The first kappa shape index (κ1) is 11.4. The molecular formula is C8H14NO5-. The van der Waals surface area contributed by atoms with Gasteiger partial charge in [0.1, 0.15) is 24.4 Å². The van der Waals surface area contributed by atoms with Crippen LogP contribution in [0.25, 0.3) is 0 Å². The lowest BCUT2D eigenvalue weighted by Crippen LogP contribution is -2.53. The Kier molecular flexibility index (Phi) is 3.82. The third kappa shape index (κ3) is 2.42. The highest BCUT2D eigenvalue weighted by atomic mass is 16.5. The van der Waals surface area contributed by atoms with Crippen molar-refractivity contribution in [3.05, 3.63) is 0 Å². The minimum atomic E-state index is -1.21. The zero-order valence-electron chi connectivity index (χ0n) is 7.83. The molecule has 1 saturated heterocycles. The second-order valence-electron chi connectivity index (χ2n) is 3.25. The Morgan fingerprint density at radius 3 is 2.64 bits per heavy atom. The number of aliphatic hydroxyl groups is 3. The highest BCUT2D eigenvalue weighted by Gasteiger charge is 2.37. The summed E-state index contributed by atoms with van der Waals surface area (Å²) in [5.41, 5.74) is 0. The van der Waals surface area contributed by atoms with E-state index < -0.39 is 30.3 Å². The minimum Gasteiger partial charge on any atom is -0.862 e. The number of hydrogen-bond donors (Lipinski definition) is 3. The SMILES string of the molecule is CC([O-])=N[C@H]1CO[C@H](CO)[C@@H](O)[C@@H]1O. The van der Waals surface area contributed by atoms with Crippen molar-refractivity contribution < 1.29 is 25.2 Å². The van der Waals surface area contributed by atoms with Crippen molar-refractivity contribution in [2.75, 3.05) is 13.2 Å². The third-order valence-electron chi connectivity index (χ3n) is 2.13. The number of nitrogens with zero attached hydrogens (tertiary/aromatic N) is 1. The van der Waals surface area contributed by atoms with Crippen LogP contribution in [0.4, 0.5) is 0 Å². The van der Waals surface area contributed by atoms with Crippen molar-refractivity contribution in [2.45, 2.75) is 31.3 Å². The van der Waals surface area contributed by atoms with Crippen molar-refractivity contribution in [2.24, 2.45) is 4.99 Å². The van der Waals surface area contributed by atoms with Gasteiger partial charge in [0.15, 0.2) is 0 Å². The molecule has 1 fully saturated rings. The number of hydrogen-bond acceptors (Lipinski definition) is 6. The normalized spacial score (nSPS) is 39.9. The topological polar surface area (TPSA) is 105 Å². The molecule has 6 nitrogen and oxygen atoms in total. The van der Waals surface area contributed by atoms with Crippen LogP contribution in [0.5, 0.6) is 0 Å². The molecule has 0 aromatic rings. The summed E-state index contributed by atoms with van der Waals surface area (Å²) in [5, 5.41) is 38.3. The first-order valence-corrected chi connectivity index (χ1v) is 4.36. The van der Waals surface area contributed by atoms with Crippen LogP contribution in [0, 0.1) is 0 Å². The summed E-state index contributed by atoms with van der Waals surface area (Å²) >= 11 is 0. The second-order valence-corrected chi connectivity index (χ2v) is 3.25. The van der Waals surface area contributed by atoms with E-state index in [-0.39, 0.29) is 13.2 Å². The Morgan fingerprint density at radius 2 is 2.14 bits per heavy atom. The van der Waals surface area contributed by atoms with Gasteiger partial charge in [-0.3, -0.25) is 4.99 Å². The number of aliphatic hydroxyl groups excluding tert-OH is 3. The first-order valence-electron chi connectivity index (χ1n) is 4.36. The molecule has 14 heavy (non-hydrogen) atoms. The summed E-state index contributed by atoms with van der Waals surface area (Å²) in [6.45, 7) is 0.922. The van der Waals surface area contributed by atoms with Crippen LogP contribution in [-0.2, 0) is 4.74 Å². The zero-order valence-corrected chi connectivity index (χ0v) is 7.83. The minimum absolute atomic E-state index is 0.0308. The maximum atomic E-state index is 10.7. The van der Waals surface area contributed by atoms with Gasteiger partial charge in [-0.15, -0.1) is 0 Å². The average molecular weight is 204 g/mol. The lowest BCUT2D eigenvalue weighted by atomic mass is 9.99. The van der Waals surface area contributed by atoms with E-state index in [9.17, 15) is 15.3 Å². The lowest BCUT2D eigenvalue weighted by molar-refractivity contribution is -0.218. The molecule has 0 radical (unpaired) electrons. The van der Waals surface area contributed by atoms with E-state index in [0.29, 0.717) is 0 Å². The molecule has 0 spiro atoms. The maximum Gasteiger partial charge on any atom is 0.110 e. The van der Waals surface area contributed by atoms with Crippen LogP contribution >= 0.6 is 0 Å². The van der Waals surface area contributed by atoms with Crippen molar-refractivity contribution >= 4 is 5.90 Å². The van der Waals surface area contributed by atoms with Crippen molar-refractivity contribution in [1.82, 2.24) is 0 Å². The molecule has 0 aromatic heterocycles. The Bertz CT molecular complexity index is 216. The average Bonchev–Trinajstić information content (AvgIpc) is 2.13. The van der Waals surface area contributed by atoms with Crippen LogP contribution in [0.15, 0.2) is 4.99 Å². The largest absolute Gasteiger partial charge is 0.862 e. The smallest absolute Gasteiger partial charge is 0.110 e. The number of aliphatic imine (C=N–C) groups is 1. The Morgan fingerprint density at radius 1 is 1.50 bits per heavy atom. The third-order valence-corrected chi connectivity index (χ3v) is 2.13. The number of ether oxygens (including phenoxy) is 1. The summed E-state index contributed by atoms with van der Waals surface area (Å²) in [6.07, 6.45) is -3.17. The van der Waals surface area contributed by atoms with Crippen LogP contribution in [-0.4, -0.2) is 58.8 Å². The molecule has 0 bridgehead atoms. The fraction of sp³-hybridized carbons (Fsp3) is 0.875. The van der Waals surface area contributed by atoms with Crippen LogP contribution < -0.4 is 5.11 Å². The maximum absolute atomic E-state index is 10.7. The van der Waals surface area contributed by atoms with Crippen LogP contribution in [0.3, 0.4) is 0 Å². The van der Waals surface area contributed by atoms with E-state index in [0.717, 1.165) is 0 Å². The quantitative estimate of drug-likeness (QED) is 0.334. The van der Waals surface area contributed by atoms with Crippen molar-refractivity contribution in [1.29, 1.82) is 0 Å². The molecule has 4 atom stereocenters. The molecule has 1 rings (SSSR count). The van der Waals surface area contributed by atoms with E-state index in [1.807, 2.05) is 0 Å². The fourth-order valence-corrected chi connectivity index (χ4v) is 1.37. The summed E-state index contributed by atoms with van der Waals surface area (Å²) in [6, 6.07) is -0.745. The molecule has 0 aromatic carbocycles. The van der Waals surface area contributed by atoms with Gasteiger partial charge in [0.25, 0.3) is 0 Å². The Labute approximate surface area is 81.5 Å². The van der Waals surface area contributed by atoms with Gasteiger partial charge in [0.2, 0.25) is 0 Å². The second kappa shape index (κ2) is 4.70. The lowest BCUT2D eigenvalue weighted by Gasteiger charge is -2.35. The molecule has 1 heterocycles.